The molecule has 0 bridgehead atoms. The second-order valence-corrected chi connectivity index (χ2v) is 6.25. The molecule has 4 N–H and O–H groups in total. The van der Waals surface area contributed by atoms with E-state index in [0.717, 1.165) is 0 Å². The number of benzene rings is 2. The van der Waals surface area contributed by atoms with Gasteiger partial charge in [0, 0.05) is 11.1 Å². The van der Waals surface area contributed by atoms with E-state index in [9.17, 15) is 19.8 Å². The second kappa shape index (κ2) is 6.99. The van der Waals surface area contributed by atoms with Gasteiger partial charge in [-0.1, -0.05) is 36.4 Å². The maximum absolute atomic E-state index is 13.0. The Kier molecular flexibility index (Phi) is 4.73. The van der Waals surface area contributed by atoms with Crippen LogP contribution in [0.2, 0.25) is 0 Å². The molecule has 3 rings (SSSR count). The van der Waals surface area contributed by atoms with Gasteiger partial charge < -0.3 is 15.5 Å². The maximum atomic E-state index is 13.0. The Morgan fingerprint density at radius 3 is 1.74 bits per heavy atom. The molecule has 27 heavy (non-hydrogen) atoms. The van der Waals surface area contributed by atoms with Crippen LogP contribution in [0.15, 0.2) is 61.7 Å². The van der Waals surface area contributed by atoms with Crippen LogP contribution in [0.3, 0.4) is 0 Å². The number of carbonyl (C=O) groups excluding carboxylic acids is 2. The Balaban J connectivity index is 2.39. The molecule has 0 saturated carbocycles. The van der Waals surface area contributed by atoms with E-state index in [1.165, 1.54) is 12.1 Å². The van der Waals surface area contributed by atoms with Crippen molar-refractivity contribution in [3.63, 3.8) is 0 Å². The van der Waals surface area contributed by atoms with Crippen LogP contribution in [0.5, 0.6) is 11.5 Å². The molecule has 0 unspecified atom stereocenters. The topological polar surface area (TPSA) is 98.7 Å². The zero-order chi connectivity index (χ0) is 19.6. The number of amides is 3. The lowest BCUT2D eigenvalue weighted by Crippen LogP contribution is -2.46. The van der Waals surface area contributed by atoms with Crippen molar-refractivity contribution in [2.75, 3.05) is 0 Å². The monoisotopic (exact) mass is 364 g/mol. The molecule has 138 valence electrons. The summed E-state index contributed by atoms with van der Waals surface area (Å²) in [6.45, 7) is 7.41. The van der Waals surface area contributed by atoms with E-state index in [4.69, 9.17) is 0 Å². The molecule has 1 aliphatic heterocycles. The number of nitrogens with one attached hydrogen (secondary N) is 2. The van der Waals surface area contributed by atoms with Gasteiger partial charge in [-0.2, -0.15) is 0 Å². The third-order valence-electron chi connectivity index (χ3n) is 4.68. The molecule has 0 radical (unpaired) electrons. The van der Waals surface area contributed by atoms with Gasteiger partial charge in [0.25, 0.3) is 5.91 Å². The minimum Gasteiger partial charge on any atom is -0.508 e. The highest BCUT2D eigenvalue weighted by Crippen LogP contribution is 2.41. The number of phenols is 2. The summed E-state index contributed by atoms with van der Waals surface area (Å²) in [6.07, 6.45) is 3.80. The molecule has 0 aliphatic carbocycles. The highest BCUT2D eigenvalue weighted by molar-refractivity contribution is 6.10. The number of hydrogen-bond acceptors (Lipinski definition) is 4. The highest BCUT2D eigenvalue weighted by Gasteiger charge is 2.51. The van der Waals surface area contributed by atoms with Gasteiger partial charge in [0.15, 0.2) is 5.54 Å². The first-order valence-electron chi connectivity index (χ1n) is 8.43. The van der Waals surface area contributed by atoms with Crippen LogP contribution in [0.1, 0.15) is 22.3 Å². The third kappa shape index (κ3) is 2.85. The number of imide groups is 1. The first-order chi connectivity index (χ1) is 13.0. The fourth-order valence-corrected chi connectivity index (χ4v) is 3.55. The lowest BCUT2D eigenvalue weighted by Gasteiger charge is -2.31. The van der Waals surface area contributed by atoms with Crippen LogP contribution in [0, 0.1) is 0 Å². The van der Waals surface area contributed by atoms with E-state index in [2.05, 4.69) is 23.8 Å². The average molecular weight is 364 g/mol. The average Bonchev–Trinajstić information content (AvgIpc) is 2.93. The summed E-state index contributed by atoms with van der Waals surface area (Å²) in [5.41, 5.74) is 0.185. The van der Waals surface area contributed by atoms with Crippen LogP contribution in [0.25, 0.3) is 0 Å². The summed E-state index contributed by atoms with van der Waals surface area (Å²) < 4.78 is 0. The Morgan fingerprint density at radius 1 is 0.889 bits per heavy atom. The number of aromatic hydroxyl groups is 2. The van der Waals surface area contributed by atoms with Crippen LogP contribution >= 0.6 is 0 Å². The quantitative estimate of drug-likeness (QED) is 0.468. The first-order valence-corrected chi connectivity index (χ1v) is 8.43. The molecule has 6 nitrogen and oxygen atoms in total. The molecule has 1 heterocycles. The predicted molar refractivity (Wildman–Crippen MR) is 101 cm³/mol. The number of hydrogen-bond donors (Lipinski definition) is 4. The predicted octanol–water partition coefficient (Wildman–Crippen LogP) is 2.64. The Bertz CT molecular complexity index is 890. The molecule has 6 heteroatoms. The van der Waals surface area contributed by atoms with Crippen molar-refractivity contribution in [3.05, 3.63) is 84.0 Å². The molecular formula is C21H20N2O4. The van der Waals surface area contributed by atoms with Gasteiger partial charge in [-0.25, -0.2) is 4.79 Å². The number of urea groups is 1. The number of phenolic OH excluding ortho intramolecular Hbond substituents is 2. The van der Waals surface area contributed by atoms with Gasteiger partial charge in [-0.05, 0) is 36.1 Å². The van der Waals surface area contributed by atoms with E-state index < -0.39 is 17.5 Å². The minimum absolute atomic E-state index is 0.00820. The summed E-state index contributed by atoms with van der Waals surface area (Å²) in [4.78, 5) is 25.1. The highest BCUT2D eigenvalue weighted by atomic mass is 16.3. The van der Waals surface area contributed by atoms with Crippen LogP contribution in [0.4, 0.5) is 4.79 Å². The molecule has 1 fully saturated rings. The van der Waals surface area contributed by atoms with Crippen molar-refractivity contribution in [1.29, 1.82) is 0 Å². The van der Waals surface area contributed by atoms with E-state index >= 15 is 0 Å². The molecule has 1 saturated heterocycles. The van der Waals surface area contributed by atoms with Gasteiger partial charge in [0.05, 0.1) is 0 Å². The standard InChI is InChI=1S/C21H20N2O4/c1-3-7-13-15(9-5-11-17(13)24)21(19(26)22-20(27)23-21)16-10-6-12-18(25)14(16)8-4-2/h3-6,9-12,24-25H,1-2,7-8H2,(H2,22,23,26,27). The molecule has 2 aromatic carbocycles. The van der Waals surface area contributed by atoms with Crippen molar-refractivity contribution in [2.24, 2.45) is 0 Å². The number of carbonyl (C=O) groups is 2. The normalized spacial score (nSPS) is 15.1. The van der Waals surface area contributed by atoms with Gasteiger partial charge in [0.2, 0.25) is 0 Å². The van der Waals surface area contributed by atoms with Crippen LogP contribution < -0.4 is 10.6 Å². The fourth-order valence-electron chi connectivity index (χ4n) is 3.55. The minimum atomic E-state index is -1.59. The summed E-state index contributed by atoms with van der Waals surface area (Å²) in [5, 5.41) is 25.7. The zero-order valence-electron chi connectivity index (χ0n) is 14.7. The van der Waals surface area contributed by atoms with Crippen molar-refractivity contribution < 1.29 is 19.8 Å². The van der Waals surface area contributed by atoms with E-state index in [1.54, 1.807) is 36.4 Å². The third-order valence-corrected chi connectivity index (χ3v) is 4.68. The Labute approximate surface area is 156 Å². The molecule has 0 spiro atoms. The van der Waals surface area contributed by atoms with Crippen molar-refractivity contribution in [1.82, 2.24) is 10.6 Å². The van der Waals surface area contributed by atoms with Gasteiger partial charge >= 0.3 is 6.03 Å². The van der Waals surface area contributed by atoms with Gasteiger partial charge in [-0.3, -0.25) is 10.1 Å². The Hall–Kier alpha value is -3.54. The van der Waals surface area contributed by atoms with E-state index in [0.29, 0.717) is 35.1 Å². The van der Waals surface area contributed by atoms with Crippen molar-refractivity contribution in [3.8, 4) is 11.5 Å². The Morgan fingerprint density at radius 2 is 1.37 bits per heavy atom. The molecule has 0 aromatic heterocycles. The molecule has 1 aliphatic rings. The molecular weight excluding hydrogens is 344 g/mol. The first kappa shape index (κ1) is 18.3. The zero-order valence-corrected chi connectivity index (χ0v) is 14.7. The van der Waals surface area contributed by atoms with Crippen LogP contribution in [-0.2, 0) is 23.2 Å². The van der Waals surface area contributed by atoms with Crippen molar-refractivity contribution in [2.45, 2.75) is 18.4 Å². The lowest BCUT2D eigenvalue weighted by atomic mass is 9.77. The summed E-state index contributed by atoms with van der Waals surface area (Å²) in [7, 11) is 0. The lowest BCUT2D eigenvalue weighted by molar-refractivity contribution is -0.122. The molecule has 2 aromatic rings. The second-order valence-electron chi connectivity index (χ2n) is 6.25. The van der Waals surface area contributed by atoms with E-state index in [-0.39, 0.29) is 11.5 Å². The largest absolute Gasteiger partial charge is 0.508 e. The SMILES string of the molecule is C=CCc1c(O)cccc1C1(c2cccc(O)c2CC=C)NC(=O)NC1=O. The summed E-state index contributed by atoms with van der Waals surface area (Å²) >= 11 is 0. The number of allylic oxidation sites excluding steroid dienone is 2. The number of rotatable bonds is 6. The smallest absolute Gasteiger partial charge is 0.322 e. The molecule has 3 amide bonds. The van der Waals surface area contributed by atoms with Crippen molar-refractivity contribution >= 4 is 11.9 Å². The van der Waals surface area contributed by atoms with Gasteiger partial charge in [-0.15, -0.1) is 13.2 Å². The maximum Gasteiger partial charge on any atom is 0.322 e. The summed E-state index contributed by atoms with van der Waals surface area (Å²) in [5.74, 6) is -0.600. The molecule has 0 atom stereocenters. The summed E-state index contributed by atoms with van der Waals surface area (Å²) in [6, 6.07) is 8.92. The van der Waals surface area contributed by atoms with Gasteiger partial charge in [0.1, 0.15) is 11.5 Å². The van der Waals surface area contributed by atoms with E-state index in [1.807, 2.05) is 0 Å². The van der Waals surface area contributed by atoms with Crippen LogP contribution in [-0.4, -0.2) is 22.2 Å². The fraction of sp³-hybridized carbons (Fsp3) is 0.143.